The maximum absolute atomic E-state index is 12.7. The highest BCUT2D eigenvalue weighted by molar-refractivity contribution is 6.46. The van der Waals surface area contributed by atoms with Crippen molar-refractivity contribution >= 4 is 11.6 Å². The van der Waals surface area contributed by atoms with Gasteiger partial charge in [0.1, 0.15) is 0 Å². The average molecular weight is 284 g/mol. The first-order chi connectivity index (χ1) is 10.2. The lowest BCUT2D eigenvalue weighted by molar-refractivity contribution is -0.133. The molecule has 0 heterocycles. The summed E-state index contributed by atoms with van der Waals surface area (Å²) in [4.78, 5) is 25.0. The molecule has 1 aromatic carbocycles. The van der Waals surface area contributed by atoms with E-state index in [1.165, 1.54) is 0 Å². The molecule has 3 heteroatoms. The molecule has 0 fully saturated rings. The topological polar surface area (TPSA) is 43.4 Å². The largest absolute Gasteiger partial charge is 0.362 e. The Kier molecular flexibility index (Phi) is 5.23. The summed E-state index contributed by atoms with van der Waals surface area (Å²) in [6.45, 7) is 2.53. The molecule has 21 heavy (non-hydrogen) atoms. The van der Waals surface area contributed by atoms with Crippen molar-refractivity contribution in [3.05, 3.63) is 60.2 Å². The zero-order chi connectivity index (χ0) is 15.1. The molecule has 0 saturated carbocycles. The van der Waals surface area contributed by atoms with Crippen LogP contribution in [0.15, 0.2) is 54.6 Å². The van der Waals surface area contributed by atoms with E-state index >= 15 is 0 Å². The molecule has 0 amide bonds. The van der Waals surface area contributed by atoms with Gasteiger partial charge in [0.25, 0.3) is 0 Å². The summed E-state index contributed by atoms with van der Waals surface area (Å²) in [5.41, 5.74) is -0.736. The number of carbonyl (C=O) groups is 2. The third-order valence-electron chi connectivity index (χ3n) is 3.52. The smallest absolute Gasteiger partial charge is 0.239 e. The third-order valence-corrected chi connectivity index (χ3v) is 3.52. The van der Waals surface area contributed by atoms with Gasteiger partial charge in [-0.25, -0.2) is 0 Å². The summed E-state index contributed by atoms with van der Waals surface area (Å²) < 4.78 is 5.81. The number of hydrogen-bond acceptors (Lipinski definition) is 3. The van der Waals surface area contributed by atoms with Crippen molar-refractivity contribution in [1.82, 2.24) is 0 Å². The third kappa shape index (κ3) is 3.56. The highest BCUT2D eigenvalue weighted by Crippen LogP contribution is 2.26. The Morgan fingerprint density at radius 3 is 2.57 bits per heavy atom. The molecule has 0 aliphatic heterocycles. The maximum atomic E-state index is 12.7. The molecule has 1 aliphatic rings. The summed E-state index contributed by atoms with van der Waals surface area (Å²) in [6.07, 6.45) is 9.45. The minimum absolute atomic E-state index is 0.406. The molecule has 0 saturated heterocycles. The predicted molar refractivity (Wildman–Crippen MR) is 82.3 cm³/mol. The van der Waals surface area contributed by atoms with E-state index in [1.54, 1.807) is 36.4 Å². The van der Waals surface area contributed by atoms with Crippen LogP contribution in [0.3, 0.4) is 0 Å². The first-order valence-corrected chi connectivity index (χ1v) is 7.32. The highest BCUT2D eigenvalue weighted by atomic mass is 16.5. The fourth-order valence-electron chi connectivity index (χ4n) is 2.25. The Labute approximate surface area is 125 Å². The van der Waals surface area contributed by atoms with Gasteiger partial charge < -0.3 is 4.74 Å². The number of carbonyl (C=O) groups excluding carboxylic acids is 2. The zero-order valence-corrected chi connectivity index (χ0v) is 12.2. The maximum Gasteiger partial charge on any atom is 0.239 e. The fraction of sp³-hybridized carbons (Fsp3) is 0.333. The van der Waals surface area contributed by atoms with Gasteiger partial charge in [0.2, 0.25) is 11.6 Å². The van der Waals surface area contributed by atoms with Gasteiger partial charge in [0.05, 0.1) is 0 Å². The van der Waals surface area contributed by atoms with Crippen LogP contribution < -0.4 is 0 Å². The minimum Gasteiger partial charge on any atom is -0.362 e. The van der Waals surface area contributed by atoms with Crippen molar-refractivity contribution < 1.29 is 14.3 Å². The standard InChI is InChI=1S/C18H20O3/c1-2-3-14-21-18(12-8-5-9-13-18)17(20)16(19)15-10-6-4-7-11-15/h4-12H,2-3,13-14H2,1H3. The summed E-state index contributed by atoms with van der Waals surface area (Å²) in [6, 6.07) is 8.63. The van der Waals surface area contributed by atoms with Gasteiger partial charge in [-0.3, -0.25) is 9.59 Å². The van der Waals surface area contributed by atoms with Crippen molar-refractivity contribution in [2.45, 2.75) is 31.8 Å². The molecule has 2 rings (SSSR count). The number of allylic oxidation sites excluding steroid dienone is 2. The predicted octanol–water partition coefficient (Wildman–Crippen LogP) is 3.51. The molecule has 1 aliphatic carbocycles. The normalized spacial score (nSPS) is 20.4. The number of rotatable bonds is 7. The summed E-state index contributed by atoms with van der Waals surface area (Å²) >= 11 is 0. The molecular weight excluding hydrogens is 264 g/mol. The number of benzene rings is 1. The second-order valence-corrected chi connectivity index (χ2v) is 5.11. The Morgan fingerprint density at radius 2 is 1.95 bits per heavy atom. The van der Waals surface area contributed by atoms with Gasteiger partial charge in [-0.1, -0.05) is 61.9 Å². The van der Waals surface area contributed by atoms with Crippen molar-refractivity contribution in [3.8, 4) is 0 Å². The first kappa shape index (κ1) is 15.4. The Morgan fingerprint density at radius 1 is 1.19 bits per heavy atom. The quantitative estimate of drug-likeness (QED) is 0.437. The lowest BCUT2D eigenvalue weighted by Crippen LogP contribution is -2.44. The summed E-state index contributed by atoms with van der Waals surface area (Å²) in [5.74, 6) is -0.988. The molecule has 0 N–H and O–H groups in total. The van der Waals surface area contributed by atoms with E-state index in [4.69, 9.17) is 4.74 Å². The van der Waals surface area contributed by atoms with E-state index < -0.39 is 17.2 Å². The molecule has 0 bridgehead atoms. The second-order valence-electron chi connectivity index (χ2n) is 5.11. The van der Waals surface area contributed by atoms with E-state index in [1.807, 2.05) is 18.2 Å². The molecule has 0 aromatic heterocycles. The number of ketones is 2. The Bertz CT molecular complexity index is 557. The van der Waals surface area contributed by atoms with Crippen LogP contribution in [-0.4, -0.2) is 23.8 Å². The number of hydrogen-bond donors (Lipinski definition) is 0. The fourth-order valence-corrected chi connectivity index (χ4v) is 2.25. The van der Waals surface area contributed by atoms with Gasteiger partial charge in [-0.05, 0) is 12.5 Å². The molecule has 1 aromatic rings. The zero-order valence-electron chi connectivity index (χ0n) is 12.2. The summed E-state index contributed by atoms with van der Waals surface area (Å²) in [7, 11) is 0. The lowest BCUT2D eigenvalue weighted by atomic mass is 9.86. The van der Waals surface area contributed by atoms with Gasteiger partial charge in [-0.15, -0.1) is 0 Å². The van der Waals surface area contributed by atoms with Gasteiger partial charge >= 0.3 is 0 Å². The van der Waals surface area contributed by atoms with Crippen LogP contribution >= 0.6 is 0 Å². The van der Waals surface area contributed by atoms with E-state index in [9.17, 15) is 9.59 Å². The second kappa shape index (κ2) is 7.14. The molecule has 0 spiro atoms. The van der Waals surface area contributed by atoms with Crippen LogP contribution in [0, 0.1) is 0 Å². The van der Waals surface area contributed by atoms with Crippen LogP contribution in [0.4, 0.5) is 0 Å². The lowest BCUT2D eigenvalue weighted by Gasteiger charge is -2.29. The van der Waals surface area contributed by atoms with Crippen LogP contribution in [-0.2, 0) is 9.53 Å². The van der Waals surface area contributed by atoms with Crippen molar-refractivity contribution in [1.29, 1.82) is 0 Å². The van der Waals surface area contributed by atoms with Crippen molar-refractivity contribution in [2.24, 2.45) is 0 Å². The average Bonchev–Trinajstić information content (AvgIpc) is 2.55. The number of unbranched alkanes of at least 4 members (excludes halogenated alkanes) is 1. The SMILES string of the molecule is CCCCOC1(C(=O)C(=O)c2ccccc2)C=CC=CC1. The van der Waals surface area contributed by atoms with Crippen LogP contribution in [0.25, 0.3) is 0 Å². The van der Waals surface area contributed by atoms with E-state index in [0.29, 0.717) is 18.6 Å². The van der Waals surface area contributed by atoms with E-state index in [-0.39, 0.29) is 0 Å². The first-order valence-electron chi connectivity index (χ1n) is 7.32. The molecule has 1 unspecified atom stereocenters. The van der Waals surface area contributed by atoms with Crippen molar-refractivity contribution in [3.63, 3.8) is 0 Å². The molecule has 1 atom stereocenters. The van der Waals surface area contributed by atoms with E-state index in [2.05, 4.69) is 6.92 Å². The summed E-state index contributed by atoms with van der Waals surface area (Å²) in [5, 5.41) is 0. The molecule has 3 nitrogen and oxygen atoms in total. The molecule has 0 radical (unpaired) electrons. The molecule has 110 valence electrons. The van der Waals surface area contributed by atoms with Crippen LogP contribution in [0.2, 0.25) is 0 Å². The number of Topliss-reactive ketones (excluding diaryl/α,β-unsaturated/α-hetero) is 2. The Hall–Kier alpha value is -2.00. The van der Waals surface area contributed by atoms with Gasteiger partial charge in [0, 0.05) is 18.6 Å². The Balaban J connectivity index is 2.20. The molecular formula is C18H20O3. The van der Waals surface area contributed by atoms with Gasteiger partial charge in [-0.2, -0.15) is 0 Å². The van der Waals surface area contributed by atoms with Crippen LogP contribution in [0.5, 0.6) is 0 Å². The minimum atomic E-state index is -1.14. The van der Waals surface area contributed by atoms with Gasteiger partial charge in [0.15, 0.2) is 5.60 Å². The van der Waals surface area contributed by atoms with E-state index in [0.717, 1.165) is 12.8 Å². The monoisotopic (exact) mass is 284 g/mol. The number of ether oxygens (including phenoxy) is 1. The van der Waals surface area contributed by atoms with Crippen LogP contribution in [0.1, 0.15) is 36.5 Å². The van der Waals surface area contributed by atoms with Crippen molar-refractivity contribution in [2.75, 3.05) is 6.61 Å². The highest BCUT2D eigenvalue weighted by Gasteiger charge is 2.40.